The van der Waals surface area contributed by atoms with Crippen molar-refractivity contribution in [2.45, 2.75) is 25.8 Å². The minimum Gasteiger partial charge on any atom is -0.361 e. The molecule has 0 saturated heterocycles. The first-order valence-corrected chi connectivity index (χ1v) is 9.36. The number of para-hydroxylation sites is 1. The van der Waals surface area contributed by atoms with Crippen molar-refractivity contribution in [2.75, 3.05) is 6.54 Å². The molecule has 0 fully saturated rings. The number of nitrogens with one attached hydrogen (secondary N) is 3. The highest BCUT2D eigenvalue weighted by molar-refractivity contribution is 6.33. The van der Waals surface area contributed by atoms with Crippen LogP contribution in [-0.4, -0.2) is 29.4 Å². The summed E-state index contributed by atoms with van der Waals surface area (Å²) in [6.07, 6.45) is 3.09. The number of H-pyrrole nitrogens is 1. The average Bonchev–Trinajstić information content (AvgIpc) is 3.09. The summed E-state index contributed by atoms with van der Waals surface area (Å²) in [4.78, 5) is 28.5. The predicted molar refractivity (Wildman–Crippen MR) is 108 cm³/mol. The van der Waals surface area contributed by atoms with Crippen LogP contribution in [0.4, 0.5) is 0 Å². The molecule has 3 N–H and O–H groups in total. The minimum absolute atomic E-state index is 0.206. The molecule has 5 nitrogen and oxygen atoms in total. The van der Waals surface area contributed by atoms with E-state index in [-0.39, 0.29) is 11.8 Å². The first kappa shape index (κ1) is 19.0. The Bertz CT molecular complexity index is 951. The molecule has 0 unspecified atom stereocenters. The van der Waals surface area contributed by atoms with Crippen LogP contribution in [0.2, 0.25) is 5.02 Å². The van der Waals surface area contributed by atoms with E-state index in [4.69, 9.17) is 11.6 Å². The fraction of sp³-hybridized carbons (Fsp3) is 0.238. The normalized spacial score (nSPS) is 11.9. The van der Waals surface area contributed by atoms with Crippen molar-refractivity contribution in [3.63, 3.8) is 0 Å². The molecule has 0 radical (unpaired) electrons. The molecular weight excluding hydrogens is 362 g/mol. The van der Waals surface area contributed by atoms with E-state index in [1.807, 2.05) is 37.4 Å². The molecule has 0 saturated carbocycles. The summed E-state index contributed by atoms with van der Waals surface area (Å²) in [5.74, 6) is -0.570. The maximum Gasteiger partial charge on any atom is 0.253 e. The Kier molecular flexibility index (Phi) is 6.14. The first-order chi connectivity index (χ1) is 13.1. The molecule has 0 spiro atoms. The van der Waals surface area contributed by atoms with Gasteiger partial charge in [-0.15, -0.1) is 0 Å². The third-order valence-electron chi connectivity index (χ3n) is 4.39. The van der Waals surface area contributed by atoms with E-state index in [0.717, 1.165) is 22.9 Å². The second kappa shape index (κ2) is 8.73. The van der Waals surface area contributed by atoms with Crippen molar-refractivity contribution in [1.82, 2.24) is 15.6 Å². The lowest BCUT2D eigenvalue weighted by Crippen LogP contribution is -2.48. The van der Waals surface area contributed by atoms with Crippen LogP contribution in [0.25, 0.3) is 10.9 Å². The monoisotopic (exact) mass is 383 g/mol. The second-order valence-electron chi connectivity index (χ2n) is 6.36. The van der Waals surface area contributed by atoms with E-state index in [1.165, 1.54) is 0 Å². The molecule has 0 aliphatic carbocycles. The van der Waals surface area contributed by atoms with E-state index < -0.39 is 6.04 Å². The van der Waals surface area contributed by atoms with Crippen molar-refractivity contribution in [3.05, 3.63) is 70.9 Å². The maximum atomic E-state index is 12.7. The van der Waals surface area contributed by atoms with Crippen LogP contribution in [0.15, 0.2) is 54.7 Å². The topological polar surface area (TPSA) is 74.0 Å². The molecule has 1 atom stereocenters. The van der Waals surface area contributed by atoms with Crippen molar-refractivity contribution < 1.29 is 9.59 Å². The Hall–Kier alpha value is -2.79. The number of benzene rings is 2. The van der Waals surface area contributed by atoms with Gasteiger partial charge in [-0.1, -0.05) is 48.9 Å². The largest absolute Gasteiger partial charge is 0.361 e. The average molecular weight is 384 g/mol. The summed E-state index contributed by atoms with van der Waals surface area (Å²) in [6, 6.07) is 14.0. The second-order valence-corrected chi connectivity index (χ2v) is 6.77. The van der Waals surface area contributed by atoms with Crippen LogP contribution >= 0.6 is 11.6 Å². The van der Waals surface area contributed by atoms with Gasteiger partial charge in [0.2, 0.25) is 5.91 Å². The third-order valence-corrected chi connectivity index (χ3v) is 4.72. The lowest BCUT2D eigenvalue weighted by molar-refractivity contribution is -0.122. The lowest BCUT2D eigenvalue weighted by Gasteiger charge is -2.18. The van der Waals surface area contributed by atoms with Crippen molar-refractivity contribution >= 4 is 34.3 Å². The number of fused-ring (bicyclic) bond motifs is 1. The molecule has 1 aromatic heterocycles. The molecular formula is C21H22ClN3O2. The molecule has 2 aromatic carbocycles. The van der Waals surface area contributed by atoms with Crippen LogP contribution in [0.1, 0.15) is 29.3 Å². The van der Waals surface area contributed by atoms with Crippen molar-refractivity contribution in [1.29, 1.82) is 0 Å². The Morgan fingerprint density at radius 3 is 2.63 bits per heavy atom. The summed E-state index contributed by atoms with van der Waals surface area (Å²) in [5.41, 5.74) is 2.32. The van der Waals surface area contributed by atoms with E-state index in [1.54, 1.807) is 24.3 Å². The Labute approximate surface area is 163 Å². The molecule has 27 heavy (non-hydrogen) atoms. The quantitative estimate of drug-likeness (QED) is 0.582. The van der Waals surface area contributed by atoms with Crippen molar-refractivity contribution in [2.24, 2.45) is 0 Å². The van der Waals surface area contributed by atoms with Gasteiger partial charge >= 0.3 is 0 Å². The van der Waals surface area contributed by atoms with Gasteiger partial charge in [0.1, 0.15) is 6.04 Å². The zero-order valence-electron chi connectivity index (χ0n) is 15.1. The number of carbonyl (C=O) groups excluding carboxylic acids is 2. The summed E-state index contributed by atoms with van der Waals surface area (Å²) < 4.78 is 0. The summed E-state index contributed by atoms with van der Waals surface area (Å²) in [5, 5.41) is 7.10. The van der Waals surface area contributed by atoms with Gasteiger partial charge in [-0.05, 0) is 30.2 Å². The lowest BCUT2D eigenvalue weighted by atomic mass is 10.0. The van der Waals surface area contributed by atoms with Gasteiger partial charge in [0, 0.05) is 30.1 Å². The SMILES string of the molecule is CCCNC(=O)[C@H](Cc1c[nH]c2ccccc12)NC(=O)c1ccccc1Cl. The molecule has 3 rings (SSSR count). The van der Waals surface area contributed by atoms with E-state index >= 15 is 0 Å². The fourth-order valence-corrected chi connectivity index (χ4v) is 3.20. The van der Waals surface area contributed by atoms with Gasteiger partial charge in [-0.3, -0.25) is 9.59 Å². The molecule has 0 aliphatic heterocycles. The van der Waals surface area contributed by atoms with E-state index in [0.29, 0.717) is 23.6 Å². The van der Waals surface area contributed by atoms with Gasteiger partial charge in [-0.2, -0.15) is 0 Å². The van der Waals surface area contributed by atoms with Gasteiger partial charge in [0.05, 0.1) is 10.6 Å². The highest BCUT2D eigenvalue weighted by Gasteiger charge is 2.23. The number of amides is 2. The van der Waals surface area contributed by atoms with Gasteiger partial charge in [0.25, 0.3) is 5.91 Å². The van der Waals surface area contributed by atoms with Crippen LogP contribution < -0.4 is 10.6 Å². The highest BCUT2D eigenvalue weighted by atomic mass is 35.5. The summed E-state index contributed by atoms with van der Waals surface area (Å²) in [6.45, 7) is 2.54. The number of aromatic nitrogens is 1. The van der Waals surface area contributed by atoms with Crippen LogP contribution in [0.3, 0.4) is 0 Å². The minimum atomic E-state index is -0.695. The fourth-order valence-electron chi connectivity index (χ4n) is 2.98. The molecule has 3 aromatic rings. The third kappa shape index (κ3) is 4.49. The van der Waals surface area contributed by atoms with E-state index in [9.17, 15) is 9.59 Å². The zero-order valence-corrected chi connectivity index (χ0v) is 15.8. The smallest absolute Gasteiger partial charge is 0.253 e. The molecule has 1 heterocycles. The molecule has 6 heteroatoms. The van der Waals surface area contributed by atoms with Crippen LogP contribution in [0, 0.1) is 0 Å². The number of aromatic amines is 1. The molecule has 140 valence electrons. The Morgan fingerprint density at radius 1 is 1.11 bits per heavy atom. The Morgan fingerprint density at radius 2 is 1.85 bits per heavy atom. The summed E-state index contributed by atoms with van der Waals surface area (Å²) in [7, 11) is 0. The number of hydrogen-bond donors (Lipinski definition) is 3. The highest BCUT2D eigenvalue weighted by Crippen LogP contribution is 2.20. The summed E-state index contributed by atoms with van der Waals surface area (Å²) >= 11 is 6.12. The molecule has 0 bridgehead atoms. The first-order valence-electron chi connectivity index (χ1n) is 8.98. The number of hydrogen-bond acceptors (Lipinski definition) is 2. The zero-order chi connectivity index (χ0) is 19.2. The number of halogens is 1. The number of rotatable bonds is 7. The molecule has 2 amide bonds. The van der Waals surface area contributed by atoms with E-state index in [2.05, 4.69) is 15.6 Å². The Balaban J connectivity index is 1.83. The predicted octanol–water partition coefficient (Wildman–Crippen LogP) is 3.69. The van der Waals surface area contributed by atoms with Crippen LogP contribution in [-0.2, 0) is 11.2 Å². The molecule has 0 aliphatic rings. The van der Waals surface area contributed by atoms with Gasteiger partial charge in [0.15, 0.2) is 0 Å². The number of carbonyl (C=O) groups is 2. The maximum absolute atomic E-state index is 12.7. The van der Waals surface area contributed by atoms with Gasteiger partial charge in [-0.25, -0.2) is 0 Å². The van der Waals surface area contributed by atoms with Crippen molar-refractivity contribution in [3.8, 4) is 0 Å². The standard InChI is InChI=1S/C21H22ClN3O2/c1-2-11-23-21(27)19(25-20(26)16-8-3-5-9-17(16)22)12-14-13-24-18-10-6-4-7-15(14)18/h3-10,13,19,24H,2,11-12H2,1H3,(H,23,27)(H,25,26)/t19-/m0/s1. The van der Waals surface area contributed by atoms with Gasteiger partial charge < -0.3 is 15.6 Å². The van der Waals surface area contributed by atoms with Crippen LogP contribution in [0.5, 0.6) is 0 Å².